The minimum Gasteiger partial charge on any atom is -0.371 e. The van der Waals surface area contributed by atoms with E-state index in [4.69, 9.17) is 4.74 Å². The van der Waals surface area contributed by atoms with Crippen LogP contribution in [0.2, 0.25) is 0 Å². The maximum absolute atomic E-state index is 12.1. The third-order valence-electron chi connectivity index (χ3n) is 3.36. The number of hydrogen-bond acceptors (Lipinski definition) is 1. The average molecular weight is 254 g/mol. The van der Waals surface area contributed by atoms with E-state index < -0.39 is 12.8 Å². The van der Waals surface area contributed by atoms with Gasteiger partial charge in [0.1, 0.15) is 6.61 Å². The molecule has 0 amide bonds. The summed E-state index contributed by atoms with van der Waals surface area (Å²) in [5.41, 5.74) is -0.324. The highest BCUT2D eigenvalue weighted by Gasteiger charge is 2.39. The average Bonchev–Trinajstić information content (AvgIpc) is 1.96. The fourth-order valence-corrected chi connectivity index (χ4v) is 1.87. The van der Waals surface area contributed by atoms with Crippen molar-refractivity contribution >= 4 is 0 Å². The summed E-state index contributed by atoms with van der Waals surface area (Å²) in [5.74, 6) is 0.439. The molecule has 0 saturated carbocycles. The van der Waals surface area contributed by atoms with Gasteiger partial charge in [0.05, 0.1) is 6.61 Å². The number of alkyl halides is 3. The quantitative estimate of drug-likeness (QED) is 0.693. The maximum atomic E-state index is 12.1. The molecule has 1 atom stereocenters. The highest BCUT2D eigenvalue weighted by Crippen LogP contribution is 2.43. The smallest absolute Gasteiger partial charge is 0.371 e. The van der Waals surface area contributed by atoms with Gasteiger partial charge in [-0.3, -0.25) is 0 Å². The molecule has 0 aromatic heterocycles. The summed E-state index contributed by atoms with van der Waals surface area (Å²) in [6.07, 6.45) is -3.38. The zero-order chi connectivity index (χ0) is 13.9. The highest BCUT2D eigenvalue weighted by molar-refractivity contribution is 4.87. The summed E-state index contributed by atoms with van der Waals surface area (Å²) in [7, 11) is 0. The minimum atomic E-state index is -4.24. The Kier molecular flexibility index (Phi) is 5.51. The number of halogens is 3. The maximum Gasteiger partial charge on any atom is 0.411 e. The lowest BCUT2D eigenvalue weighted by molar-refractivity contribution is -0.185. The van der Waals surface area contributed by atoms with Crippen molar-refractivity contribution in [3.63, 3.8) is 0 Å². The Morgan fingerprint density at radius 2 is 1.41 bits per heavy atom. The molecular weight excluding hydrogens is 229 g/mol. The van der Waals surface area contributed by atoms with E-state index in [0.29, 0.717) is 5.92 Å². The topological polar surface area (TPSA) is 9.23 Å². The molecule has 17 heavy (non-hydrogen) atoms. The summed E-state index contributed by atoms with van der Waals surface area (Å²) in [6.45, 7) is 11.3. The molecule has 0 saturated heterocycles. The molecule has 0 aliphatic heterocycles. The molecule has 0 aliphatic carbocycles. The van der Waals surface area contributed by atoms with Gasteiger partial charge in [-0.15, -0.1) is 0 Å². The lowest BCUT2D eigenvalue weighted by atomic mass is 9.64. The van der Waals surface area contributed by atoms with Crippen LogP contribution in [0, 0.1) is 16.7 Å². The van der Waals surface area contributed by atoms with Gasteiger partial charge >= 0.3 is 6.18 Å². The van der Waals surface area contributed by atoms with Gasteiger partial charge < -0.3 is 4.74 Å². The van der Waals surface area contributed by atoms with Crippen molar-refractivity contribution in [3.05, 3.63) is 0 Å². The molecule has 0 spiro atoms. The molecule has 0 aromatic rings. The van der Waals surface area contributed by atoms with Crippen molar-refractivity contribution in [1.82, 2.24) is 0 Å². The van der Waals surface area contributed by atoms with E-state index in [1.807, 2.05) is 27.7 Å². The molecule has 1 unspecified atom stereocenters. The van der Waals surface area contributed by atoms with Crippen LogP contribution in [-0.2, 0) is 4.74 Å². The zero-order valence-electron chi connectivity index (χ0n) is 11.7. The monoisotopic (exact) mass is 254 g/mol. The second-order valence-corrected chi connectivity index (χ2v) is 6.52. The Morgan fingerprint density at radius 1 is 0.941 bits per heavy atom. The van der Waals surface area contributed by atoms with Gasteiger partial charge in [-0.25, -0.2) is 0 Å². The van der Waals surface area contributed by atoms with Gasteiger partial charge in [-0.2, -0.15) is 13.2 Å². The van der Waals surface area contributed by atoms with E-state index in [0.717, 1.165) is 6.42 Å². The van der Waals surface area contributed by atoms with E-state index in [9.17, 15) is 13.2 Å². The highest BCUT2D eigenvalue weighted by atomic mass is 19.4. The van der Waals surface area contributed by atoms with Gasteiger partial charge in [0, 0.05) is 0 Å². The SMILES string of the molecule is CC(C)CC(C)(COCC(F)(F)F)C(C)(C)C. The Labute approximate surface area is 103 Å². The molecule has 0 radical (unpaired) electrons. The third kappa shape index (κ3) is 6.29. The molecule has 4 heteroatoms. The first kappa shape index (κ1) is 16.8. The lowest BCUT2D eigenvalue weighted by Crippen LogP contribution is -2.39. The fraction of sp³-hybridized carbons (Fsp3) is 1.00. The van der Waals surface area contributed by atoms with E-state index in [1.165, 1.54) is 0 Å². The van der Waals surface area contributed by atoms with Crippen LogP contribution in [-0.4, -0.2) is 19.4 Å². The minimum absolute atomic E-state index is 0.0805. The number of hydrogen-bond donors (Lipinski definition) is 0. The first-order chi connectivity index (χ1) is 7.37. The first-order valence-electron chi connectivity index (χ1n) is 6.02. The van der Waals surface area contributed by atoms with Gasteiger partial charge in [0.25, 0.3) is 0 Å². The van der Waals surface area contributed by atoms with Crippen LogP contribution >= 0.6 is 0 Å². The Balaban J connectivity index is 4.52. The normalized spacial score (nSPS) is 17.3. The van der Waals surface area contributed by atoms with Crippen LogP contribution < -0.4 is 0 Å². The van der Waals surface area contributed by atoms with Crippen LogP contribution in [0.25, 0.3) is 0 Å². The van der Waals surface area contributed by atoms with Crippen molar-refractivity contribution in [2.24, 2.45) is 16.7 Å². The van der Waals surface area contributed by atoms with Crippen LogP contribution in [0.4, 0.5) is 13.2 Å². The lowest BCUT2D eigenvalue weighted by Gasteiger charge is -2.43. The van der Waals surface area contributed by atoms with Gasteiger partial charge in [0.2, 0.25) is 0 Å². The summed E-state index contributed by atoms with van der Waals surface area (Å²) >= 11 is 0. The molecule has 104 valence electrons. The summed E-state index contributed by atoms with van der Waals surface area (Å²) in [4.78, 5) is 0. The Morgan fingerprint density at radius 3 is 1.71 bits per heavy atom. The van der Waals surface area contributed by atoms with Gasteiger partial charge in [0.15, 0.2) is 0 Å². The molecule has 0 aliphatic rings. The van der Waals surface area contributed by atoms with Crippen molar-refractivity contribution in [2.45, 2.75) is 54.1 Å². The molecule has 0 heterocycles. The van der Waals surface area contributed by atoms with Gasteiger partial charge in [-0.05, 0) is 23.2 Å². The molecule has 0 fully saturated rings. The molecular formula is C13H25F3O. The fourth-order valence-electron chi connectivity index (χ4n) is 1.87. The largest absolute Gasteiger partial charge is 0.411 e. The summed E-state index contributed by atoms with van der Waals surface area (Å²) in [5, 5.41) is 0. The van der Waals surface area contributed by atoms with E-state index in [1.54, 1.807) is 0 Å². The first-order valence-corrected chi connectivity index (χ1v) is 6.02. The van der Waals surface area contributed by atoms with Crippen molar-refractivity contribution in [2.75, 3.05) is 13.2 Å². The van der Waals surface area contributed by atoms with Crippen LogP contribution in [0.5, 0.6) is 0 Å². The molecule has 0 N–H and O–H groups in total. The van der Waals surface area contributed by atoms with Crippen LogP contribution in [0.1, 0.15) is 48.0 Å². The predicted molar refractivity (Wildman–Crippen MR) is 63.9 cm³/mol. The van der Waals surface area contributed by atoms with Crippen molar-refractivity contribution < 1.29 is 17.9 Å². The summed E-state index contributed by atoms with van der Waals surface area (Å²) < 4.78 is 41.1. The Hall–Kier alpha value is -0.250. The Bertz CT molecular complexity index is 228. The molecule has 0 aromatic carbocycles. The molecule has 1 nitrogen and oxygen atoms in total. The number of ether oxygens (including phenoxy) is 1. The molecule has 0 bridgehead atoms. The second kappa shape index (κ2) is 5.59. The second-order valence-electron chi connectivity index (χ2n) is 6.52. The standard InChI is InChI=1S/C13H25F3O/c1-10(2)7-12(6,11(3,4)5)8-17-9-13(14,15)16/h10H,7-9H2,1-6H3. The zero-order valence-corrected chi connectivity index (χ0v) is 11.7. The molecule has 0 rings (SSSR count). The van der Waals surface area contributed by atoms with Crippen LogP contribution in [0.3, 0.4) is 0 Å². The predicted octanol–water partition coefficient (Wildman–Crippen LogP) is 4.66. The summed E-state index contributed by atoms with van der Waals surface area (Å²) in [6, 6.07) is 0. The van der Waals surface area contributed by atoms with E-state index in [-0.39, 0.29) is 17.4 Å². The van der Waals surface area contributed by atoms with Crippen LogP contribution in [0.15, 0.2) is 0 Å². The van der Waals surface area contributed by atoms with E-state index in [2.05, 4.69) is 13.8 Å². The van der Waals surface area contributed by atoms with Gasteiger partial charge in [-0.1, -0.05) is 41.5 Å². The third-order valence-corrected chi connectivity index (χ3v) is 3.36. The van der Waals surface area contributed by atoms with Crippen molar-refractivity contribution in [3.8, 4) is 0 Å². The number of rotatable bonds is 5. The van der Waals surface area contributed by atoms with Crippen molar-refractivity contribution in [1.29, 1.82) is 0 Å². The van der Waals surface area contributed by atoms with E-state index >= 15 is 0 Å².